The molecule has 0 unspecified atom stereocenters. The van der Waals surface area contributed by atoms with Crippen LogP contribution in [0.1, 0.15) is 25.8 Å². The van der Waals surface area contributed by atoms with E-state index in [0.717, 1.165) is 21.7 Å². The number of furan rings is 1. The molecule has 39 heavy (non-hydrogen) atoms. The Balaban J connectivity index is 1.15. The summed E-state index contributed by atoms with van der Waals surface area (Å²) in [4.78, 5) is 30.0. The average molecular weight is 600 g/mol. The number of hydrogen-bond donors (Lipinski definition) is 2. The molecule has 2 amide bonds. The molecule has 1 aliphatic heterocycles. The van der Waals surface area contributed by atoms with E-state index >= 15 is 0 Å². The first-order chi connectivity index (χ1) is 18.8. The molecular formula is C28H24Cl2N4O3S2. The highest BCUT2D eigenvalue weighted by molar-refractivity contribution is 7.80. The van der Waals surface area contributed by atoms with E-state index in [1.165, 1.54) is 11.3 Å². The minimum absolute atomic E-state index is 0.0659. The largest absolute Gasteiger partial charge is 0.451 e. The minimum Gasteiger partial charge on any atom is -0.451 e. The van der Waals surface area contributed by atoms with Gasteiger partial charge in [0, 0.05) is 42.5 Å². The van der Waals surface area contributed by atoms with Gasteiger partial charge in [0.15, 0.2) is 10.9 Å². The SMILES string of the molecule is Cc1ccc(-c2ccc(C(=O)NC(=S)Nc3ccc(N4CCN(C(=O)c5cccs5)CC4)c(Cl)c3)o2)cc1Cl. The molecule has 0 bridgehead atoms. The molecule has 0 spiro atoms. The van der Waals surface area contributed by atoms with E-state index in [1.54, 1.807) is 24.3 Å². The van der Waals surface area contributed by atoms with Gasteiger partial charge in [-0.1, -0.05) is 41.4 Å². The van der Waals surface area contributed by atoms with E-state index in [2.05, 4.69) is 15.5 Å². The fraction of sp³-hybridized carbons (Fsp3) is 0.179. The minimum atomic E-state index is -0.477. The predicted octanol–water partition coefficient (Wildman–Crippen LogP) is 6.71. The molecule has 4 aromatic rings. The van der Waals surface area contributed by atoms with Crippen molar-refractivity contribution in [2.75, 3.05) is 36.4 Å². The standard InChI is InChI=1S/C28H24Cl2N4O3S2/c1-17-4-5-18(15-20(17)29)23-8-9-24(37-23)26(35)32-28(38)31-19-6-7-22(21(30)16-19)33-10-12-34(13-11-33)27(36)25-3-2-14-39-25/h2-9,14-16H,10-13H2,1H3,(H2,31,32,35,38). The van der Waals surface area contributed by atoms with Crippen LogP contribution in [0.15, 0.2) is 70.5 Å². The lowest BCUT2D eigenvalue weighted by Crippen LogP contribution is -2.48. The van der Waals surface area contributed by atoms with Gasteiger partial charge in [-0.15, -0.1) is 11.3 Å². The molecular weight excluding hydrogens is 575 g/mol. The van der Waals surface area contributed by atoms with Crippen molar-refractivity contribution < 1.29 is 14.0 Å². The van der Waals surface area contributed by atoms with Crippen LogP contribution in [0.25, 0.3) is 11.3 Å². The summed E-state index contributed by atoms with van der Waals surface area (Å²) in [5.74, 6) is 0.238. The normalized spacial score (nSPS) is 13.3. The number of rotatable bonds is 5. The second-order valence-electron chi connectivity index (χ2n) is 8.96. The van der Waals surface area contributed by atoms with Crippen molar-refractivity contribution in [1.29, 1.82) is 0 Å². The number of halogens is 2. The Morgan fingerprint density at radius 1 is 0.974 bits per heavy atom. The zero-order valence-corrected chi connectivity index (χ0v) is 24.0. The first-order valence-corrected chi connectivity index (χ1v) is 14.2. The fourth-order valence-corrected chi connectivity index (χ4v) is 5.62. The van der Waals surface area contributed by atoms with Gasteiger partial charge in [-0.05, 0) is 72.5 Å². The Bertz CT molecular complexity index is 1530. The smallest absolute Gasteiger partial charge is 0.293 e. The first-order valence-electron chi connectivity index (χ1n) is 12.1. The molecule has 1 saturated heterocycles. The second kappa shape index (κ2) is 11.8. The Hall–Kier alpha value is -3.37. The van der Waals surface area contributed by atoms with Crippen LogP contribution in [0.3, 0.4) is 0 Å². The lowest BCUT2D eigenvalue weighted by Gasteiger charge is -2.36. The van der Waals surface area contributed by atoms with Crippen LogP contribution in [-0.2, 0) is 0 Å². The number of thiocarbonyl (C=S) groups is 1. The van der Waals surface area contributed by atoms with Crippen molar-refractivity contribution in [1.82, 2.24) is 10.2 Å². The maximum absolute atomic E-state index is 12.7. The lowest BCUT2D eigenvalue weighted by molar-refractivity contribution is 0.0751. The Labute approximate surface area is 245 Å². The molecule has 3 heterocycles. The van der Waals surface area contributed by atoms with Crippen molar-refractivity contribution in [3.05, 3.63) is 92.3 Å². The van der Waals surface area contributed by atoms with Gasteiger partial charge in [0.2, 0.25) is 0 Å². The van der Waals surface area contributed by atoms with Crippen LogP contribution < -0.4 is 15.5 Å². The maximum Gasteiger partial charge on any atom is 0.293 e. The van der Waals surface area contributed by atoms with Gasteiger partial charge in [0.05, 0.1) is 15.6 Å². The van der Waals surface area contributed by atoms with Crippen molar-refractivity contribution in [2.45, 2.75) is 6.92 Å². The molecule has 1 aliphatic rings. The maximum atomic E-state index is 12.7. The molecule has 5 rings (SSSR count). The highest BCUT2D eigenvalue weighted by Crippen LogP contribution is 2.30. The number of piperazine rings is 1. The Kier molecular flexibility index (Phi) is 8.23. The second-order valence-corrected chi connectivity index (χ2v) is 11.1. The highest BCUT2D eigenvalue weighted by atomic mass is 35.5. The molecule has 200 valence electrons. The number of anilines is 2. The number of nitrogens with one attached hydrogen (secondary N) is 2. The zero-order valence-electron chi connectivity index (χ0n) is 20.9. The summed E-state index contributed by atoms with van der Waals surface area (Å²) in [7, 11) is 0. The van der Waals surface area contributed by atoms with E-state index in [1.807, 2.05) is 53.6 Å². The van der Waals surface area contributed by atoms with Crippen LogP contribution in [0.2, 0.25) is 10.0 Å². The summed E-state index contributed by atoms with van der Waals surface area (Å²) in [5.41, 5.74) is 3.24. The van der Waals surface area contributed by atoms with Gasteiger partial charge >= 0.3 is 0 Å². The van der Waals surface area contributed by atoms with Gasteiger partial charge < -0.3 is 19.5 Å². The van der Waals surface area contributed by atoms with Crippen molar-refractivity contribution in [3.63, 3.8) is 0 Å². The summed E-state index contributed by atoms with van der Waals surface area (Å²) in [6.45, 7) is 4.51. The molecule has 7 nitrogen and oxygen atoms in total. The monoisotopic (exact) mass is 598 g/mol. The summed E-state index contributed by atoms with van der Waals surface area (Å²) >= 11 is 19.6. The number of hydrogen-bond acceptors (Lipinski definition) is 6. The zero-order chi connectivity index (χ0) is 27.5. The van der Waals surface area contributed by atoms with E-state index in [4.69, 9.17) is 39.8 Å². The molecule has 2 aromatic heterocycles. The number of aryl methyl sites for hydroxylation is 1. The predicted molar refractivity (Wildman–Crippen MR) is 161 cm³/mol. The van der Waals surface area contributed by atoms with E-state index in [0.29, 0.717) is 47.7 Å². The van der Waals surface area contributed by atoms with Crippen LogP contribution in [0.4, 0.5) is 11.4 Å². The molecule has 0 atom stereocenters. The van der Waals surface area contributed by atoms with Crippen LogP contribution in [0, 0.1) is 6.92 Å². The number of carbonyl (C=O) groups is 2. The Morgan fingerprint density at radius 2 is 1.77 bits per heavy atom. The van der Waals surface area contributed by atoms with E-state index in [9.17, 15) is 9.59 Å². The number of amides is 2. The molecule has 0 saturated carbocycles. The van der Waals surface area contributed by atoms with Gasteiger partial charge in [0.25, 0.3) is 11.8 Å². The topological polar surface area (TPSA) is 77.8 Å². The Morgan fingerprint density at radius 3 is 2.46 bits per heavy atom. The summed E-state index contributed by atoms with van der Waals surface area (Å²) < 4.78 is 5.71. The van der Waals surface area contributed by atoms with Crippen molar-refractivity contribution in [2.24, 2.45) is 0 Å². The van der Waals surface area contributed by atoms with Crippen molar-refractivity contribution >= 4 is 75.1 Å². The van der Waals surface area contributed by atoms with Gasteiger partial charge in [-0.3, -0.25) is 14.9 Å². The molecule has 1 fully saturated rings. The third kappa shape index (κ3) is 6.28. The molecule has 0 radical (unpaired) electrons. The summed E-state index contributed by atoms with van der Waals surface area (Å²) in [6.07, 6.45) is 0. The van der Waals surface area contributed by atoms with Gasteiger partial charge in [0.1, 0.15) is 5.76 Å². The quantitative estimate of drug-likeness (QED) is 0.248. The fourth-order valence-electron chi connectivity index (χ4n) is 4.24. The molecule has 11 heteroatoms. The molecule has 2 N–H and O–H groups in total. The van der Waals surface area contributed by atoms with E-state index < -0.39 is 5.91 Å². The van der Waals surface area contributed by atoms with Crippen LogP contribution in [0.5, 0.6) is 0 Å². The average Bonchev–Trinajstić information content (AvgIpc) is 3.63. The highest BCUT2D eigenvalue weighted by Gasteiger charge is 2.24. The third-order valence-electron chi connectivity index (χ3n) is 6.36. The number of benzene rings is 2. The number of thiophene rings is 1. The van der Waals surface area contributed by atoms with Crippen LogP contribution in [-0.4, -0.2) is 48.0 Å². The van der Waals surface area contributed by atoms with Gasteiger partial charge in [-0.2, -0.15) is 0 Å². The van der Waals surface area contributed by atoms with Crippen molar-refractivity contribution in [3.8, 4) is 11.3 Å². The summed E-state index contributed by atoms with van der Waals surface area (Å²) in [5, 5.41) is 8.80. The lowest BCUT2D eigenvalue weighted by atomic mass is 10.1. The van der Waals surface area contributed by atoms with Crippen LogP contribution >= 0.6 is 46.8 Å². The summed E-state index contributed by atoms with van der Waals surface area (Å²) in [6, 6.07) is 18.1. The first kappa shape index (κ1) is 27.2. The number of carbonyl (C=O) groups excluding carboxylic acids is 2. The third-order valence-corrected chi connectivity index (χ3v) is 8.13. The molecule has 0 aliphatic carbocycles. The molecule has 2 aromatic carbocycles. The number of nitrogens with zero attached hydrogens (tertiary/aromatic N) is 2. The van der Waals surface area contributed by atoms with Gasteiger partial charge in [-0.25, -0.2) is 0 Å². The van der Waals surface area contributed by atoms with E-state index in [-0.39, 0.29) is 16.8 Å².